The molecular weight excluding hydrogens is 467 g/mol. The van der Waals surface area contributed by atoms with E-state index in [4.69, 9.17) is 0 Å². The summed E-state index contributed by atoms with van der Waals surface area (Å²) in [5.74, 6) is -0.141. The Balaban J connectivity index is 1.38. The van der Waals surface area contributed by atoms with Crippen molar-refractivity contribution in [3.8, 4) is 0 Å². The fourth-order valence-corrected chi connectivity index (χ4v) is 4.98. The molecule has 0 aliphatic carbocycles. The minimum absolute atomic E-state index is 0.119. The molecule has 1 saturated heterocycles. The van der Waals surface area contributed by atoms with Crippen molar-refractivity contribution in [2.24, 2.45) is 5.92 Å². The fourth-order valence-electron chi connectivity index (χ4n) is 4.98. The summed E-state index contributed by atoms with van der Waals surface area (Å²) >= 11 is 0. The molecule has 2 aliphatic heterocycles. The van der Waals surface area contributed by atoms with E-state index in [-0.39, 0.29) is 11.8 Å². The lowest BCUT2D eigenvalue weighted by Gasteiger charge is -2.29. The third kappa shape index (κ3) is 5.42. The summed E-state index contributed by atoms with van der Waals surface area (Å²) in [5.41, 5.74) is 4.60. The number of carbonyl (C=O) groups excluding carboxylic acids is 2. The van der Waals surface area contributed by atoms with Gasteiger partial charge in [0.25, 0.3) is 5.91 Å². The van der Waals surface area contributed by atoms with E-state index >= 15 is 0 Å². The van der Waals surface area contributed by atoms with E-state index in [1.165, 1.54) is 12.1 Å². The second-order valence-electron chi connectivity index (χ2n) is 9.84. The van der Waals surface area contributed by atoms with E-state index in [9.17, 15) is 14.0 Å². The highest BCUT2D eigenvalue weighted by Gasteiger charge is 2.29. The maximum atomic E-state index is 13.8. The quantitative estimate of drug-likeness (QED) is 0.444. The van der Waals surface area contributed by atoms with Crippen LogP contribution in [0.4, 0.5) is 21.5 Å². The number of amides is 2. The molecule has 3 aromatic rings. The number of piperidine rings is 1. The molecule has 0 spiro atoms. The molecule has 37 heavy (non-hydrogen) atoms. The summed E-state index contributed by atoms with van der Waals surface area (Å²) in [6, 6.07) is 21.5. The summed E-state index contributed by atoms with van der Waals surface area (Å²) in [5, 5.41) is 6.18. The lowest BCUT2D eigenvalue weighted by Crippen LogP contribution is -2.34. The molecule has 2 heterocycles. The van der Waals surface area contributed by atoms with Gasteiger partial charge in [-0.15, -0.1) is 0 Å². The van der Waals surface area contributed by atoms with Crippen LogP contribution in [0.3, 0.4) is 0 Å². The van der Waals surface area contributed by atoms with Gasteiger partial charge in [-0.05, 0) is 86.9 Å². The number of likely N-dealkylation sites (tertiary alicyclic amines) is 1. The molecule has 0 radical (unpaired) electrons. The largest absolute Gasteiger partial charge is 0.354 e. The summed E-state index contributed by atoms with van der Waals surface area (Å²) in [6.45, 7) is 2.08. The Kier molecular flexibility index (Phi) is 7.06. The van der Waals surface area contributed by atoms with Gasteiger partial charge >= 0.3 is 0 Å². The Morgan fingerprint density at radius 2 is 1.76 bits per heavy atom. The summed E-state index contributed by atoms with van der Waals surface area (Å²) < 4.78 is 13.8. The van der Waals surface area contributed by atoms with Gasteiger partial charge < -0.3 is 20.4 Å². The highest BCUT2D eigenvalue weighted by molar-refractivity contribution is 6.37. The van der Waals surface area contributed by atoms with Crippen molar-refractivity contribution < 1.29 is 14.0 Å². The third-order valence-corrected chi connectivity index (χ3v) is 7.24. The van der Waals surface area contributed by atoms with Crippen LogP contribution in [0.1, 0.15) is 30.4 Å². The summed E-state index contributed by atoms with van der Waals surface area (Å²) in [7, 11) is 3.94. The average Bonchev–Trinajstić information content (AvgIpc) is 3.23. The molecule has 0 unspecified atom stereocenters. The highest BCUT2D eigenvalue weighted by atomic mass is 19.1. The number of fused-ring (bicyclic) bond motifs is 1. The van der Waals surface area contributed by atoms with Crippen LogP contribution in [0.2, 0.25) is 0 Å². The second kappa shape index (κ2) is 10.6. The molecule has 2 N–H and O–H groups in total. The average molecular weight is 499 g/mol. The maximum absolute atomic E-state index is 13.8. The van der Waals surface area contributed by atoms with Crippen LogP contribution in [0, 0.1) is 11.7 Å². The van der Waals surface area contributed by atoms with Crippen LogP contribution in [0.5, 0.6) is 0 Å². The molecule has 0 bridgehead atoms. The van der Waals surface area contributed by atoms with Gasteiger partial charge in [0.05, 0.1) is 17.0 Å². The van der Waals surface area contributed by atoms with Crippen molar-refractivity contribution in [3.05, 3.63) is 89.7 Å². The number of carbonyl (C=O) groups is 2. The molecule has 2 aliphatic rings. The second-order valence-corrected chi connectivity index (χ2v) is 9.84. The minimum atomic E-state index is -0.403. The van der Waals surface area contributed by atoms with E-state index < -0.39 is 5.82 Å². The van der Waals surface area contributed by atoms with Crippen molar-refractivity contribution >= 4 is 40.1 Å². The molecule has 1 fully saturated rings. The van der Waals surface area contributed by atoms with E-state index in [1.807, 2.05) is 61.6 Å². The van der Waals surface area contributed by atoms with Gasteiger partial charge in [0.15, 0.2) is 0 Å². The first-order valence-electron chi connectivity index (χ1n) is 12.6. The van der Waals surface area contributed by atoms with Crippen molar-refractivity contribution in [1.29, 1.82) is 0 Å². The van der Waals surface area contributed by atoms with Gasteiger partial charge in [0.1, 0.15) is 5.82 Å². The first kappa shape index (κ1) is 24.7. The third-order valence-electron chi connectivity index (χ3n) is 7.24. The van der Waals surface area contributed by atoms with Gasteiger partial charge in [-0.2, -0.15) is 0 Å². The highest BCUT2D eigenvalue weighted by Crippen LogP contribution is 2.38. The van der Waals surface area contributed by atoms with Crippen molar-refractivity contribution in [2.45, 2.75) is 19.3 Å². The number of hydrogen-bond donors (Lipinski definition) is 2. The zero-order valence-electron chi connectivity index (χ0n) is 21.1. The Bertz CT molecular complexity index is 1330. The number of nitrogens with zero attached hydrogens (tertiary/aromatic N) is 2. The normalized spacial score (nSPS) is 17.2. The molecule has 6 nitrogen and oxygen atoms in total. The van der Waals surface area contributed by atoms with Gasteiger partial charge in [0.2, 0.25) is 5.91 Å². The number of anilines is 3. The molecule has 2 amide bonds. The van der Waals surface area contributed by atoms with Crippen LogP contribution in [-0.4, -0.2) is 43.9 Å². The summed E-state index contributed by atoms with van der Waals surface area (Å²) in [6.07, 6.45) is 2.67. The standard InChI is InChI=1S/C30H31FN4O2/c1-34-16-14-20(15-17-34)18-27(36)35(2)24-11-9-23(10-12-24)32-29(21-6-4-3-5-7-21)28-25-13-8-22(31)19-26(25)33-30(28)37/h3-13,19-20,32H,14-18H2,1-2H3,(H,33,37)/b29-28-. The molecule has 7 heteroatoms. The van der Waals surface area contributed by atoms with Crippen LogP contribution in [-0.2, 0) is 9.59 Å². The van der Waals surface area contributed by atoms with E-state index in [1.54, 1.807) is 11.0 Å². The van der Waals surface area contributed by atoms with Crippen LogP contribution >= 0.6 is 0 Å². The van der Waals surface area contributed by atoms with E-state index in [2.05, 4.69) is 22.6 Å². The Morgan fingerprint density at radius 1 is 1.05 bits per heavy atom. The Labute approximate surface area is 216 Å². The molecule has 5 rings (SSSR count). The zero-order chi connectivity index (χ0) is 25.9. The molecule has 0 saturated carbocycles. The van der Waals surface area contributed by atoms with Crippen LogP contribution in [0.15, 0.2) is 72.8 Å². The fraction of sp³-hybridized carbons (Fsp3) is 0.267. The topological polar surface area (TPSA) is 64.7 Å². The number of nitrogens with one attached hydrogen (secondary N) is 2. The number of rotatable bonds is 6. The van der Waals surface area contributed by atoms with Crippen LogP contribution in [0.25, 0.3) is 11.3 Å². The van der Waals surface area contributed by atoms with E-state index in [0.717, 1.165) is 42.9 Å². The number of hydrogen-bond acceptors (Lipinski definition) is 4. The van der Waals surface area contributed by atoms with Gasteiger partial charge in [-0.1, -0.05) is 30.3 Å². The van der Waals surface area contributed by atoms with Gasteiger partial charge in [-0.3, -0.25) is 9.59 Å². The predicted octanol–water partition coefficient (Wildman–Crippen LogP) is 5.45. The summed E-state index contributed by atoms with van der Waals surface area (Å²) in [4.78, 5) is 29.9. The Morgan fingerprint density at radius 3 is 2.46 bits per heavy atom. The molecular formula is C30H31FN4O2. The number of halogens is 1. The van der Waals surface area contributed by atoms with Crippen molar-refractivity contribution in [1.82, 2.24) is 4.90 Å². The zero-order valence-corrected chi connectivity index (χ0v) is 21.1. The van der Waals surface area contributed by atoms with Crippen molar-refractivity contribution in [3.63, 3.8) is 0 Å². The smallest absolute Gasteiger partial charge is 0.258 e. The molecule has 3 aromatic carbocycles. The molecule has 0 atom stereocenters. The lowest BCUT2D eigenvalue weighted by atomic mass is 9.93. The monoisotopic (exact) mass is 498 g/mol. The SMILES string of the molecule is CN1CCC(CC(=O)N(C)c2ccc(N/C(=C3\C(=O)Nc4cc(F)ccc43)c3ccccc3)cc2)CC1. The minimum Gasteiger partial charge on any atom is -0.354 e. The number of benzene rings is 3. The van der Waals surface area contributed by atoms with Gasteiger partial charge in [0, 0.05) is 30.4 Å². The van der Waals surface area contributed by atoms with E-state index in [0.29, 0.717) is 34.9 Å². The predicted molar refractivity (Wildman–Crippen MR) is 147 cm³/mol. The first-order chi connectivity index (χ1) is 17.9. The lowest BCUT2D eigenvalue weighted by molar-refractivity contribution is -0.119. The van der Waals surface area contributed by atoms with Crippen LogP contribution < -0.4 is 15.5 Å². The molecule has 0 aromatic heterocycles. The first-order valence-corrected chi connectivity index (χ1v) is 12.6. The maximum Gasteiger partial charge on any atom is 0.258 e. The Hall–Kier alpha value is -3.97. The molecule has 190 valence electrons. The van der Waals surface area contributed by atoms with Crippen molar-refractivity contribution in [2.75, 3.05) is 42.7 Å². The van der Waals surface area contributed by atoms with Gasteiger partial charge in [-0.25, -0.2) is 4.39 Å².